The highest BCUT2D eigenvalue weighted by Crippen LogP contribution is 2.30. The Morgan fingerprint density at radius 3 is 3.06 bits per heavy atom. The number of aromatic nitrogens is 1. The zero-order chi connectivity index (χ0) is 11.0. The third-order valence-electron chi connectivity index (χ3n) is 2.71. The molecule has 2 N–H and O–H groups in total. The van der Waals surface area contributed by atoms with E-state index in [0.29, 0.717) is 5.13 Å². The first-order valence-corrected chi connectivity index (χ1v) is 6.07. The second-order valence-electron chi connectivity index (χ2n) is 3.92. The molecule has 1 unspecified atom stereocenters. The number of rotatable bonds is 2. The third-order valence-corrected chi connectivity index (χ3v) is 3.56. The minimum absolute atomic E-state index is 0.234. The molecule has 1 aliphatic rings. The molecule has 82 valence electrons. The first-order chi connectivity index (χ1) is 7.81. The molecule has 0 saturated heterocycles. The quantitative estimate of drug-likeness (QED) is 0.864. The summed E-state index contributed by atoms with van der Waals surface area (Å²) in [6.07, 6.45) is 3.95. The number of nitrogens with zero attached hydrogens (tertiary/aromatic N) is 1. The maximum atomic E-state index is 5.86. The van der Waals surface area contributed by atoms with Gasteiger partial charge in [-0.2, -0.15) is 0 Å². The van der Waals surface area contributed by atoms with Crippen molar-refractivity contribution in [3.63, 3.8) is 0 Å². The smallest absolute Gasteiger partial charge is 0.180 e. The summed E-state index contributed by atoms with van der Waals surface area (Å²) in [4.78, 5) is 5.24. The summed E-state index contributed by atoms with van der Waals surface area (Å²) < 4.78 is 5.86. The number of ether oxygens (including phenoxy) is 1. The summed E-state index contributed by atoms with van der Waals surface area (Å²) >= 11 is 1.54. The molecule has 1 atom stereocenters. The Morgan fingerprint density at radius 1 is 1.44 bits per heavy atom. The molecule has 4 heteroatoms. The van der Waals surface area contributed by atoms with Crippen LogP contribution in [0, 0.1) is 0 Å². The number of anilines is 1. The average Bonchev–Trinajstić information content (AvgIpc) is 2.84. The Morgan fingerprint density at radius 2 is 2.31 bits per heavy atom. The molecule has 2 aromatic rings. The van der Waals surface area contributed by atoms with Crippen LogP contribution in [0.1, 0.15) is 10.4 Å². The van der Waals surface area contributed by atoms with Crippen LogP contribution in [-0.4, -0.2) is 11.1 Å². The number of hydrogen-bond donors (Lipinski definition) is 1. The van der Waals surface area contributed by atoms with Gasteiger partial charge in [0.05, 0.1) is 0 Å². The molecule has 0 spiro atoms. The molecule has 0 bridgehead atoms. The normalized spacial score (nSPS) is 18.1. The van der Waals surface area contributed by atoms with Gasteiger partial charge in [-0.1, -0.05) is 18.2 Å². The Kier molecular flexibility index (Phi) is 2.29. The van der Waals surface area contributed by atoms with Crippen LogP contribution in [-0.2, 0) is 12.8 Å². The van der Waals surface area contributed by atoms with Gasteiger partial charge in [-0.15, -0.1) is 11.3 Å². The maximum Gasteiger partial charge on any atom is 0.180 e. The SMILES string of the molecule is Nc1ncc(CC2Cc3ccccc3O2)s1. The Hall–Kier alpha value is -1.55. The zero-order valence-electron chi connectivity index (χ0n) is 8.72. The van der Waals surface area contributed by atoms with Crippen LogP contribution in [0.2, 0.25) is 0 Å². The molecule has 0 saturated carbocycles. The van der Waals surface area contributed by atoms with E-state index in [1.807, 2.05) is 18.3 Å². The molecule has 3 nitrogen and oxygen atoms in total. The Bertz CT molecular complexity index is 484. The third kappa shape index (κ3) is 1.76. The molecular weight excluding hydrogens is 220 g/mol. The maximum absolute atomic E-state index is 5.86. The largest absolute Gasteiger partial charge is 0.489 e. The van der Waals surface area contributed by atoms with Gasteiger partial charge >= 0.3 is 0 Å². The topological polar surface area (TPSA) is 48.1 Å². The van der Waals surface area contributed by atoms with Crippen molar-refractivity contribution in [1.82, 2.24) is 4.98 Å². The fourth-order valence-electron chi connectivity index (χ4n) is 2.01. The molecule has 1 aliphatic heterocycles. The highest BCUT2D eigenvalue weighted by Gasteiger charge is 2.22. The van der Waals surface area contributed by atoms with Crippen molar-refractivity contribution in [3.05, 3.63) is 40.9 Å². The second kappa shape index (κ2) is 3.79. The van der Waals surface area contributed by atoms with E-state index in [2.05, 4.69) is 17.1 Å². The van der Waals surface area contributed by atoms with Crippen molar-refractivity contribution < 1.29 is 4.74 Å². The molecule has 1 aromatic heterocycles. The van der Waals surface area contributed by atoms with Crippen molar-refractivity contribution in [2.45, 2.75) is 18.9 Å². The first-order valence-electron chi connectivity index (χ1n) is 5.26. The summed E-state index contributed by atoms with van der Waals surface area (Å²) in [6.45, 7) is 0. The number of fused-ring (bicyclic) bond motifs is 1. The van der Waals surface area contributed by atoms with Crippen molar-refractivity contribution in [2.75, 3.05) is 5.73 Å². The standard InChI is InChI=1S/C12H12N2OS/c13-12-14-7-10(16-12)6-9-5-8-3-1-2-4-11(8)15-9/h1-4,7,9H,5-6H2,(H2,13,14). The molecule has 0 aliphatic carbocycles. The first kappa shape index (κ1) is 9.66. The molecule has 0 fully saturated rings. The van der Waals surface area contributed by atoms with Gasteiger partial charge in [-0.05, 0) is 11.6 Å². The number of benzene rings is 1. The lowest BCUT2D eigenvalue weighted by Gasteiger charge is -2.08. The van der Waals surface area contributed by atoms with Gasteiger partial charge in [0, 0.05) is 23.9 Å². The van der Waals surface area contributed by atoms with Crippen molar-refractivity contribution in [2.24, 2.45) is 0 Å². The number of nitrogens with two attached hydrogens (primary N) is 1. The summed E-state index contributed by atoms with van der Waals surface area (Å²) in [6, 6.07) is 8.20. The lowest BCUT2D eigenvalue weighted by Crippen LogP contribution is -2.15. The van der Waals surface area contributed by atoms with E-state index < -0.39 is 0 Å². The fraction of sp³-hybridized carbons (Fsp3) is 0.250. The number of hydrogen-bond acceptors (Lipinski definition) is 4. The Balaban J connectivity index is 1.72. The predicted octanol–water partition coefficient (Wildman–Crippen LogP) is 2.27. The van der Waals surface area contributed by atoms with Crippen LogP contribution in [0.4, 0.5) is 5.13 Å². The lowest BCUT2D eigenvalue weighted by molar-refractivity contribution is 0.234. The Labute approximate surface area is 97.9 Å². The van der Waals surface area contributed by atoms with E-state index in [1.54, 1.807) is 0 Å². The predicted molar refractivity (Wildman–Crippen MR) is 64.8 cm³/mol. The molecule has 0 radical (unpaired) electrons. The van der Waals surface area contributed by atoms with Crippen LogP contribution in [0.3, 0.4) is 0 Å². The highest BCUT2D eigenvalue weighted by atomic mass is 32.1. The summed E-state index contributed by atoms with van der Waals surface area (Å²) in [5.74, 6) is 1.02. The monoisotopic (exact) mass is 232 g/mol. The molecule has 0 amide bonds. The van der Waals surface area contributed by atoms with Gasteiger partial charge in [-0.25, -0.2) is 4.98 Å². The van der Waals surface area contributed by atoms with Crippen LogP contribution in [0.25, 0.3) is 0 Å². The van der Waals surface area contributed by atoms with Crippen LogP contribution < -0.4 is 10.5 Å². The van der Waals surface area contributed by atoms with Gasteiger partial charge in [0.2, 0.25) is 0 Å². The number of nitrogen functional groups attached to an aromatic ring is 1. The van der Waals surface area contributed by atoms with Crippen LogP contribution in [0.15, 0.2) is 30.5 Å². The van der Waals surface area contributed by atoms with Crippen LogP contribution >= 0.6 is 11.3 Å². The number of thiazole rings is 1. The zero-order valence-corrected chi connectivity index (χ0v) is 9.54. The fourth-order valence-corrected chi connectivity index (χ4v) is 2.76. The van der Waals surface area contributed by atoms with Gasteiger partial charge in [0.1, 0.15) is 11.9 Å². The van der Waals surface area contributed by atoms with E-state index in [4.69, 9.17) is 10.5 Å². The van der Waals surface area contributed by atoms with E-state index in [9.17, 15) is 0 Å². The summed E-state index contributed by atoms with van der Waals surface area (Å²) in [5, 5.41) is 0.630. The van der Waals surface area contributed by atoms with E-state index >= 15 is 0 Å². The molecule has 1 aromatic carbocycles. The second-order valence-corrected chi connectivity index (χ2v) is 5.07. The van der Waals surface area contributed by atoms with E-state index in [1.165, 1.54) is 21.8 Å². The minimum atomic E-state index is 0.234. The lowest BCUT2D eigenvalue weighted by atomic mass is 10.1. The molecule has 16 heavy (non-hydrogen) atoms. The van der Waals surface area contributed by atoms with Gasteiger partial charge in [-0.3, -0.25) is 0 Å². The average molecular weight is 232 g/mol. The number of para-hydroxylation sites is 1. The highest BCUT2D eigenvalue weighted by molar-refractivity contribution is 7.15. The minimum Gasteiger partial charge on any atom is -0.489 e. The summed E-state index contributed by atoms with van der Waals surface area (Å²) in [7, 11) is 0. The van der Waals surface area contributed by atoms with Gasteiger partial charge in [0.15, 0.2) is 5.13 Å². The van der Waals surface area contributed by atoms with Gasteiger partial charge in [0.25, 0.3) is 0 Å². The van der Waals surface area contributed by atoms with E-state index in [-0.39, 0.29) is 6.10 Å². The van der Waals surface area contributed by atoms with Crippen molar-refractivity contribution in [3.8, 4) is 5.75 Å². The van der Waals surface area contributed by atoms with Crippen molar-refractivity contribution >= 4 is 16.5 Å². The van der Waals surface area contributed by atoms with Gasteiger partial charge < -0.3 is 10.5 Å². The molecule has 2 heterocycles. The van der Waals surface area contributed by atoms with Crippen LogP contribution in [0.5, 0.6) is 5.75 Å². The summed E-state index contributed by atoms with van der Waals surface area (Å²) in [5.41, 5.74) is 6.90. The van der Waals surface area contributed by atoms with Crippen molar-refractivity contribution in [1.29, 1.82) is 0 Å². The molecular formula is C12H12N2OS. The molecule has 3 rings (SSSR count). The van der Waals surface area contributed by atoms with E-state index in [0.717, 1.165) is 18.6 Å².